The zero-order chi connectivity index (χ0) is 28.6. The van der Waals surface area contributed by atoms with E-state index in [0.717, 1.165) is 33.5 Å². The molecule has 0 aliphatic carbocycles. The Bertz CT molecular complexity index is 2160. The number of benzene rings is 6. The van der Waals surface area contributed by atoms with Gasteiger partial charge < -0.3 is 4.57 Å². The molecule has 6 aromatic carbocycles. The minimum atomic E-state index is 0.645. The molecular weight excluding hydrogens is 524 g/mol. The molecule has 0 unspecified atom stereocenters. The van der Waals surface area contributed by atoms with Gasteiger partial charge in [-0.25, -0.2) is 15.0 Å². The first-order chi connectivity index (χ1) is 21.3. The summed E-state index contributed by atoms with van der Waals surface area (Å²) < 4.78 is 2.31. The zero-order valence-electron chi connectivity index (χ0n) is 23.3. The lowest BCUT2D eigenvalue weighted by Crippen LogP contribution is -2.00. The van der Waals surface area contributed by atoms with E-state index in [2.05, 4.69) is 102 Å². The number of aromatic nitrogens is 4. The van der Waals surface area contributed by atoms with Crippen molar-refractivity contribution in [3.05, 3.63) is 158 Å². The molecule has 0 amide bonds. The lowest BCUT2D eigenvalue weighted by atomic mass is 10.00. The first-order valence-corrected chi connectivity index (χ1v) is 14.4. The molecule has 0 bridgehead atoms. The van der Waals surface area contributed by atoms with Crippen LogP contribution in [0, 0.1) is 0 Å². The normalized spacial score (nSPS) is 11.3. The second kappa shape index (κ2) is 10.5. The number of hydrogen-bond donors (Lipinski definition) is 0. The Kier molecular flexibility index (Phi) is 6.08. The Morgan fingerprint density at radius 3 is 1.60 bits per heavy atom. The second-order valence-electron chi connectivity index (χ2n) is 10.6. The molecule has 8 rings (SSSR count). The summed E-state index contributed by atoms with van der Waals surface area (Å²) in [6, 6.07) is 52.3. The minimum absolute atomic E-state index is 0.645. The van der Waals surface area contributed by atoms with E-state index < -0.39 is 0 Å². The van der Waals surface area contributed by atoms with Gasteiger partial charge in [-0.3, -0.25) is 0 Å². The molecule has 0 saturated carbocycles. The number of fused-ring (bicyclic) bond motifs is 3. The molecule has 0 atom stereocenters. The van der Waals surface area contributed by atoms with Gasteiger partial charge in [0.05, 0.1) is 5.52 Å². The Morgan fingerprint density at radius 2 is 0.930 bits per heavy atom. The highest BCUT2D eigenvalue weighted by atomic mass is 15.0. The van der Waals surface area contributed by atoms with E-state index >= 15 is 0 Å². The van der Waals surface area contributed by atoms with Crippen molar-refractivity contribution >= 4 is 21.7 Å². The van der Waals surface area contributed by atoms with Crippen molar-refractivity contribution in [2.24, 2.45) is 0 Å². The van der Waals surface area contributed by atoms with Gasteiger partial charge >= 0.3 is 0 Å². The van der Waals surface area contributed by atoms with Crippen LogP contribution in [0.15, 0.2) is 158 Å². The first kappa shape index (κ1) is 24.9. The predicted molar refractivity (Wildman–Crippen MR) is 176 cm³/mol. The van der Waals surface area contributed by atoms with E-state index in [1.165, 1.54) is 21.7 Å². The average Bonchev–Trinajstić information content (AvgIpc) is 3.50. The summed E-state index contributed by atoms with van der Waals surface area (Å²) in [6.07, 6.45) is 2.25. The van der Waals surface area contributed by atoms with E-state index in [0.29, 0.717) is 17.5 Å². The van der Waals surface area contributed by atoms with Gasteiger partial charge in [-0.2, -0.15) is 0 Å². The SMILES string of the molecule is c1ccc(-c2nc(-c3ccccc3)nc(-c3cccc(-c4cn(-c5ccccc5)c5c4ccc4ccccc45)c3)n2)cc1. The molecular formula is C39H26N4. The summed E-state index contributed by atoms with van der Waals surface area (Å²) in [5.41, 5.74) is 7.44. The van der Waals surface area contributed by atoms with Gasteiger partial charge in [0.1, 0.15) is 0 Å². The van der Waals surface area contributed by atoms with Gasteiger partial charge in [-0.1, -0.05) is 133 Å². The maximum atomic E-state index is 4.96. The highest BCUT2D eigenvalue weighted by Gasteiger charge is 2.17. The van der Waals surface area contributed by atoms with E-state index in [1.807, 2.05) is 60.7 Å². The Labute approximate surface area is 249 Å². The van der Waals surface area contributed by atoms with Crippen LogP contribution >= 0.6 is 0 Å². The number of para-hydroxylation sites is 1. The largest absolute Gasteiger partial charge is 0.315 e. The van der Waals surface area contributed by atoms with Crippen molar-refractivity contribution in [3.63, 3.8) is 0 Å². The summed E-state index contributed by atoms with van der Waals surface area (Å²) in [7, 11) is 0. The topological polar surface area (TPSA) is 43.6 Å². The van der Waals surface area contributed by atoms with Gasteiger partial charge in [0.25, 0.3) is 0 Å². The maximum Gasteiger partial charge on any atom is 0.164 e. The molecule has 0 aliphatic rings. The summed E-state index contributed by atoms with van der Waals surface area (Å²) in [6.45, 7) is 0. The molecule has 0 spiro atoms. The lowest BCUT2D eigenvalue weighted by molar-refractivity contribution is 1.07. The Morgan fingerprint density at radius 1 is 0.395 bits per heavy atom. The van der Waals surface area contributed by atoms with Crippen molar-refractivity contribution in [2.45, 2.75) is 0 Å². The van der Waals surface area contributed by atoms with Crippen LogP contribution in [0.25, 0.3) is 72.7 Å². The van der Waals surface area contributed by atoms with E-state index in [4.69, 9.17) is 15.0 Å². The third-order valence-corrected chi connectivity index (χ3v) is 7.86. The summed E-state index contributed by atoms with van der Waals surface area (Å²) >= 11 is 0. The summed E-state index contributed by atoms with van der Waals surface area (Å²) in [4.78, 5) is 14.8. The third kappa shape index (κ3) is 4.55. The molecule has 4 nitrogen and oxygen atoms in total. The molecule has 4 heteroatoms. The van der Waals surface area contributed by atoms with Crippen LogP contribution in [-0.2, 0) is 0 Å². The van der Waals surface area contributed by atoms with Crippen LogP contribution < -0.4 is 0 Å². The summed E-state index contributed by atoms with van der Waals surface area (Å²) in [5, 5.41) is 3.65. The molecule has 0 aliphatic heterocycles. The van der Waals surface area contributed by atoms with Crippen LogP contribution in [0.2, 0.25) is 0 Å². The van der Waals surface area contributed by atoms with Gasteiger partial charge in [0.2, 0.25) is 0 Å². The van der Waals surface area contributed by atoms with E-state index in [1.54, 1.807) is 0 Å². The highest BCUT2D eigenvalue weighted by Crippen LogP contribution is 2.38. The molecule has 43 heavy (non-hydrogen) atoms. The van der Waals surface area contributed by atoms with Gasteiger partial charge in [0, 0.05) is 44.9 Å². The quantitative estimate of drug-likeness (QED) is 0.214. The fourth-order valence-corrected chi connectivity index (χ4v) is 5.78. The van der Waals surface area contributed by atoms with Crippen LogP contribution in [0.1, 0.15) is 0 Å². The Balaban J connectivity index is 1.32. The monoisotopic (exact) mass is 550 g/mol. The van der Waals surface area contributed by atoms with Crippen LogP contribution in [0.4, 0.5) is 0 Å². The molecule has 2 heterocycles. The molecule has 0 radical (unpaired) electrons. The lowest BCUT2D eigenvalue weighted by Gasteiger charge is -2.09. The molecule has 0 saturated heterocycles. The van der Waals surface area contributed by atoms with E-state index in [-0.39, 0.29) is 0 Å². The molecule has 2 aromatic heterocycles. The first-order valence-electron chi connectivity index (χ1n) is 14.4. The molecule has 8 aromatic rings. The van der Waals surface area contributed by atoms with Crippen molar-refractivity contribution in [3.8, 4) is 51.0 Å². The number of hydrogen-bond acceptors (Lipinski definition) is 3. The van der Waals surface area contributed by atoms with Crippen molar-refractivity contribution in [2.75, 3.05) is 0 Å². The molecule has 0 fully saturated rings. The fourth-order valence-electron chi connectivity index (χ4n) is 5.78. The van der Waals surface area contributed by atoms with Crippen molar-refractivity contribution in [1.82, 2.24) is 19.5 Å². The fraction of sp³-hybridized carbons (Fsp3) is 0. The van der Waals surface area contributed by atoms with Crippen LogP contribution in [-0.4, -0.2) is 19.5 Å². The number of nitrogens with zero attached hydrogens (tertiary/aromatic N) is 4. The highest BCUT2D eigenvalue weighted by molar-refractivity contribution is 6.12. The Hall–Kier alpha value is -5.87. The van der Waals surface area contributed by atoms with Crippen LogP contribution in [0.3, 0.4) is 0 Å². The van der Waals surface area contributed by atoms with E-state index in [9.17, 15) is 0 Å². The average molecular weight is 551 g/mol. The van der Waals surface area contributed by atoms with Crippen molar-refractivity contribution in [1.29, 1.82) is 0 Å². The van der Waals surface area contributed by atoms with Crippen molar-refractivity contribution < 1.29 is 0 Å². The maximum absolute atomic E-state index is 4.96. The molecule has 0 N–H and O–H groups in total. The third-order valence-electron chi connectivity index (χ3n) is 7.86. The van der Waals surface area contributed by atoms with Gasteiger partial charge in [-0.05, 0) is 29.1 Å². The van der Waals surface area contributed by atoms with Gasteiger partial charge in [-0.15, -0.1) is 0 Å². The zero-order valence-corrected chi connectivity index (χ0v) is 23.3. The standard InChI is InChI=1S/C39H26N4/c1-4-14-28(15-5-1)37-40-38(29-16-6-2-7-17-29)42-39(41-37)31-19-12-18-30(25-31)35-26-43(32-20-8-3-9-21-32)36-33-22-11-10-13-27(33)23-24-34(35)36/h1-26H. The minimum Gasteiger partial charge on any atom is -0.315 e. The summed E-state index contributed by atoms with van der Waals surface area (Å²) in [5.74, 6) is 1.95. The van der Waals surface area contributed by atoms with Crippen LogP contribution in [0.5, 0.6) is 0 Å². The predicted octanol–water partition coefficient (Wildman–Crippen LogP) is 9.64. The smallest absolute Gasteiger partial charge is 0.164 e. The van der Waals surface area contributed by atoms with Gasteiger partial charge in [0.15, 0.2) is 17.5 Å². The second-order valence-corrected chi connectivity index (χ2v) is 10.6. The molecule has 202 valence electrons. The number of rotatable bonds is 5.